The van der Waals surface area contributed by atoms with Gasteiger partial charge in [-0.1, -0.05) is 0 Å². The number of rotatable bonds is 5. The van der Waals surface area contributed by atoms with Crippen LogP contribution in [0.25, 0.3) is 0 Å². The van der Waals surface area contributed by atoms with Crippen LogP contribution in [-0.2, 0) is 4.84 Å². The van der Waals surface area contributed by atoms with Gasteiger partial charge in [-0.15, -0.1) is 10.1 Å². The molecule has 0 aromatic rings. The molecule has 0 bridgehead atoms. The van der Waals surface area contributed by atoms with Crippen molar-refractivity contribution in [3.05, 3.63) is 4.91 Å². The summed E-state index contributed by atoms with van der Waals surface area (Å²) in [4.78, 5) is 14.9. The molecule has 0 saturated carbocycles. The number of nitroso groups, excluding NO2 is 1. The fraction of sp³-hybridized carbons (Fsp3) is 1.00. The minimum absolute atomic E-state index is 0.0989. The summed E-state index contributed by atoms with van der Waals surface area (Å²) in [6, 6.07) is 0. The molecule has 0 aromatic carbocycles. The molecular weight excluding hydrogens is 148 g/mol. The van der Waals surface area contributed by atoms with Gasteiger partial charge < -0.3 is 5.11 Å². The fourth-order valence-corrected chi connectivity index (χ4v) is 0.565. The van der Waals surface area contributed by atoms with Crippen molar-refractivity contribution >= 4 is 0 Å². The molecule has 1 N–H and O–H groups in total. The van der Waals surface area contributed by atoms with Gasteiger partial charge in [0.2, 0.25) is 0 Å². The van der Waals surface area contributed by atoms with Gasteiger partial charge in [-0.05, 0) is 20.8 Å². The summed E-state index contributed by atoms with van der Waals surface area (Å²) >= 11 is 0. The molecule has 5 nitrogen and oxygen atoms in total. The van der Waals surface area contributed by atoms with Crippen LogP contribution in [0.15, 0.2) is 5.29 Å². The molecule has 11 heavy (non-hydrogen) atoms. The van der Waals surface area contributed by atoms with Gasteiger partial charge in [-0.3, -0.25) is 4.84 Å². The summed E-state index contributed by atoms with van der Waals surface area (Å²) in [5.74, 6) is 0. The van der Waals surface area contributed by atoms with Crippen molar-refractivity contribution < 1.29 is 9.94 Å². The van der Waals surface area contributed by atoms with Gasteiger partial charge in [0.25, 0.3) is 0 Å². The van der Waals surface area contributed by atoms with Crippen molar-refractivity contribution in [3.63, 3.8) is 0 Å². The Labute approximate surface area is 65.9 Å². The highest BCUT2D eigenvalue weighted by atomic mass is 16.7. The van der Waals surface area contributed by atoms with E-state index in [0.29, 0.717) is 0 Å². The number of hydrogen-bond acceptors (Lipinski definition) is 4. The van der Waals surface area contributed by atoms with E-state index in [1.807, 2.05) is 0 Å². The predicted molar refractivity (Wildman–Crippen MR) is 40.4 cm³/mol. The van der Waals surface area contributed by atoms with Crippen LogP contribution in [0.5, 0.6) is 0 Å². The third kappa shape index (κ3) is 5.75. The zero-order valence-corrected chi connectivity index (χ0v) is 7.02. The highest BCUT2D eigenvalue weighted by molar-refractivity contribution is 4.47. The van der Waals surface area contributed by atoms with E-state index in [0.717, 1.165) is 5.17 Å². The van der Waals surface area contributed by atoms with Crippen molar-refractivity contribution in [2.24, 2.45) is 5.29 Å². The zero-order chi connectivity index (χ0) is 8.85. The van der Waals surface area contributed by atoms with E-state index in [9.17, 15) is 4.91 Å². The molecule has 0 spiro atoms. The minimum atomic E-state index is -0.619. The molecule has 1 atom stereocenters. The van der Waals surface area contributed by atoms with Crippen LogP contribution in [0.4, 0.5) is 0 Å². The SMILES string of the molecule is CC(O)CN(N=O)OC(C)C. The number of aliphatic hydroxyl groups is 1. The van der Waals surface area contributed by atoms with Crippen molar-refractivity contribution in [2.45, 2.75) is 33.0 Å². The topological polar surface area (TPSA) is 62.1 Å². The van der Waals surface area contributed by atoms with Gasteiger partial charge in [0.05, 0.1) is 24.0 Å². The summed E-state index contributed by atoms with van der Waals surface area (Å²) in [5.41, 5.74) is 0. The first kappa shape index (κ1) is 10.3. The van der Waals surface area contributed by atoms with E-state index in [1.54, 1.807) is 20.8 Å². The van der Waals surface area contributed by atoms with Gasteiger partial charge in [0.1, 0.15) is 0 Å². The summed E-state index contributed by atoms with van der Waals surface area (Å²) < 4.78 is 0. The van der Waals surface area contributed by atoms with Crippen molar-refractivity contribution in [3.8, 4) is 0 Å². The smallest absolute Gasteiger partial charge is 0.0938 e. The van der Waals surface area contributed by atoms with Crippen LogP contribution in [0, 0.1) is 4.91 Å². The molecule has 0 aromatic heterocycles. The quantitative estimate of drug-likeness (QED) is 0.477. The molecule has 5 heteroatoms. The third-order valence-corrected chi connectivity index (χ3v) is 0.844. The predicted octanol–water partition coefficient (Wildman–Crippen LogP) is 0.691. The average molecular weight is 162 g/mol. The third-order valence-electron chi connectivity index (χ3n) is 0.844. The Morgan fingerprint density at radius 2 is 2.09 bits per heavy atom. The lowest BCUT2D eigenvalue weighted by Crippen LogP contribution is -2.28. The van der Waals surface area contributed by atoms with Crippen LogP contribution in [0.3, 0.4) is 0 Å². The Morgan fingerprint density at radius 1 is 1.55 bits per heavy atom. The first-order chi connectivity index (χ1) is 5.06. The maximum atomic E-state index is 10.0. The fourth-order valence-electron chi connectivity index (χ4n) is 0.565. The Kier molecular flexibility index (Phi) is 4.72. The lowest BCUT2D eigenvalue weighted by molar-refractivity contribution is -0.199. The second kappa shape index (κ2) is 5.03. The summed E-state index contributed by atoms with van der Waals surface area (Å²) in [6.07, 6.45) is -0.724. The Morgan fingerprint density at radius 3 is 2.36 bits per heavy atom. The standard InChI is InChI=1S/C6H14N2O3/c1-5(2)11-8(7-10)4-6(3)9/h5-6,9H,4H2,1-3H3. The van der Waals surface area contributed by atoms with Gasteiger partial charge in [0.15, 0.2) is 0 Å². The Hall–Kier alpha value is -0.680. The average Bonchev–Trinajstić information content (AvgIpc) is 1.84. The molecule has 0 amide bonds. The van der Waals surface area contributed by atoms with E-state index in [-0.39, 0.29) is 12.6 Å². The maximum absolute atomic E-state index is 10.0. The molecule has 0 rings (SSSR count). The Bertz CT molecular complexity index is 106. The van der Waals surface area contributed by atoms with E-state index in [1.165, 1.54) is 0 Å². The van der Waals surface area contributed by atoms with Crippen LogP contribution in [-0.4, -0.2) is 29.0 Å². The first-order valence-electron chi connectivity index (χ1n) is 3.52. The number of hydrogen-bond donors (Lipinski definition) is 1. The van der Waals surface area contributed by atoms with E-state index in [4.69, 9.17) is 9.94 Å². The van der Waals surface area contributed by atoms with Crippen molar-refractivity contribution in [2.75, 3.05) is 6.54 Å². The summed E-state index contributed by atoms with van der Waals surface area (Å²) in [7, 11) is 0. The highest BCUT2D eigenvalue weighted by Gasteiger charge is 2.08. The van der Waals surface area contributed by atoms with Crippen LogP contribution in [0.2, 0.25) is 0 Å². The summed E-state index contributed by atoms with van der Waals surface area (Å²) in [6.45, 7) is 5.21. The Balaban J connectivity index is 3.67. The lowest BCUT2D eigenvalue weighted by atomic mass is 10.4. The highest BCUT2D eigenvalue weighted by Crippen LogP contribution is 1.98. The largest absolute Gasteiger partial charge is 0.391 e. The molecule has 1 unspecified atom stereocenters. The molecular formula is C6H14N2O3. The minimum Gasteiger partial charge on any atom is -0.391 e. The molecule has 66 valence electrons. The van der Waals surface area contributed by atoms with Gasteiger partial charge in [-0.25, -0.2) is 0 Å². The van der Waals surface area contributed by atoms with Gasteiger partial charge >= 0.3 is 0 Å². The molecule has 0 saturated heterocycles. The molecule has 0 fully saturated rings. The van der Waals surface area contributed by atoms with Crippen LogP contribution in [0.1, 0.15) is 20.8 Å². The summed E-state index contributed by atoms with van der Waals surface area (Å²) in [5, 5.41) is 12.3. The van der Waals surface area contributed by atoms with Crippen LogP contribution >= 0.6 is 0 Å². The van der Waals surface area contributed by atoms with Crippen LogP contribution < -0.4 is 0 Å². The molecule has 0 aliphatic rings. The first-order valence-corrected chi connectivity index (χ1v) is 3.52. The lowest BCUT2D eigenvalue weighted by Gasteiger charge is -2.17. The van der Waals surface area contributed by atoms with E-state index < -0.39 is 6.10 Å². The second-order valence-corrected chi connectivity index (χ2v) is 2.62. The molecule has 0 heterocycles. The molecule has 0 aliphatic heterocycles. The van der Waals surface area contributed by atoms with Crippen molar-refractivity contribution in [1.29, 1.82) is 0 Å². The van der Waals surface area contributed by atoms with Crippen molar-refractivity contribution in [1.82, 2.24) is 5.17 Å². The zero-order valence-electron chi connectivity index (χ0n) is 7.02. The number of aliphatic hydroxyl groups excluding tert-OH is 1. The van der Waals surface area contributed by atoms with E-state index >= 15 is 0 Å². The number of hydroxylamine groups is 1. The maximum Gasteiger partial charge on any atom is 0.0938 e. The second-order valence-electron chi connectivity index (χ2n) is 2.62. The van der Waals surface area contributed by atoms with Gasteiger partial charge in [0, 0.05) is 0 Å². The molecule has 0 aliphatic carbocycles. The van der Waals surface area contributed by atoms with Gasteiger partial charge in [-0.2, -0.15) is 0 Å². The normalized spacial score (nSPS) is 13.2. The van der Waals surface area contributed by atoms with E-state index in [2.05, 4.69) is 5.29 Å². The number of nitrogens with zero attached hydrogens (tertiary/aromatic N) is 2. The monoisotopic (exact) mass is 162 g/mol. The molecule has 0 radical (unpaired) electrons.